The van der Waals surface area contributed by atoms with E-state index in [1.165, 1.54) is 22.0 Å². The molecule has 0 spiro atoms. The first-order chi connectivity index (χ1) is 12.7. The van der Waals surface area contributed by atoms with Crippen molar-refractivity contribution in [3.05, 3.63) is 42.0 Å². The molecule has 1 atom stereocenters. The molecule has 1 aliphatic heterocycles. The summed E-state index contributed by atoms with van der Waals surface area (Å²) in [6.45, 7) is 6.21. The van der Waals surface area contributed by atoms with Crippen molar-refractivity contribution in [3.63, 3.8) is 0 Å². The molecule has 27 heavy (non-hydrogen) atoms. The Kier molecular flexibility index (Phi) is 5.73. The summed E-state index contributed by atoms with van der Waals surface area (Å²) >= 11 is 1.75. The highest BCUT2D eigenvalue weighted by molar-refractivity contribution is 8.00. The summed E-state index contributed by atoms with van der Waals surface area (Å²) in [7, 11) is 8.33. The zero-order chi connectivity index (χ0) is 19.8. The number of hydrogen-bond acceptors (Lipinski definition) is 4. The minimum Gasteiger partial charge on any atom is -0.377 e. The molecule has 0 aliphatic carbocycles. The molecule has 1 unspecified atom stereocenters. The van der Waals surface area contributed by atoms with Crippen LogP contribution in [0.1, 0.15) is 24.8 Å². The molecule has 0 bridgehead atoms. The Bertz CT molecular complexity index is 831. The summed E-state index contributed by atoms with van der Waals surface area (Å²) in [5, 5.41) is 2.57. The summed E-state index contributed by atoms with van der Waals surface area (Å²) in [5.41, 5.74) is 2.50. The maximum absolute atomic E-state index is 12.7. The van der Waals surface area contributed by atoms with Crippen LogP contribution >= 0.6 is 11.8 Å². The van der Waals surface area contributed by atoms with Gasteiger partial charge in [0.25, 0.3) is 0 Å². The average molecular weight is 386 g/mol. The normalized spacial score (nSPS) is 18.0. The predicted octanol–water partition coefficient (Wildman–Crippen LogP) is 4.07. The SMILES string of the molecule is CN(C)CC(C)(C)CN1C(=O)CSC1c1ccc(N(C)C)c2ccccc12. The lowest BCUT2D eigenvalue weighted by Crippen LogP contribution is -2.41. The van der Waals surface area contributed by atoms with Gasteiger partial charge in [0.2, 0.25) is 5.91 Å². The van der Waals surface area contributed by atoms with Gasteiger partial charge in [-0.05, 0) is 36.5 Å². The van der Waals surface area contributed by atoms with E-state index >= 15 is 0 Å². The van der Waals surface area contributed by atoms with Gasteiger partial charge < -0.3 is 14.7 Å². The summed E-state index contributed by atoms with van der Waals surface area (Å²) in [5.74, 6) is 0.810. The van der Waals surface area contributed by atoms with Gasteiger partial charge in [0.15, 0.2) is 0 Å². The number of amides is 1. The molecular formula is C22H31N3OS. The van der Waals surface area contributed by atoms with Crippen molar-refractivity contribution in [3.8, 4) is 0 Å². The highest BCUT2D eigenvalue weighted by atomic mass is 32.2. The molecule has 1 fully saturated rings. The smallest absolute Gasteiger partial charge is 0.233 e. The molecule has 0 saturated carbocycles. The van der Waals surface area contributed by atoms with Crippen LogP contribution in [0.2, 0.25) is 0 Å². The van der Waals surface area contributed by atoms with Crippen LogP contribution in [0.4, 0.5) is 5.69 Å². The van der Waals surface area contributed by atoms with Crippen molar-refractivity contribution in [2.75, 3.05) is 51.9 Å². The quantitative estimate of drug-likeness (QED) is 0.749. The fourth-order valence-electron chi connectivity index (χ4n) is 4.16. The average Bonchev–Trinajstić information content (AvgIpc) is 2.92. The van der Waals surface area contributed by atoms with Crippen LogP contribution in [0, 0.1) is 5.41 Å². The van der Waals surface area contributed by atoms with Crippen LogP contribution < -0.4 is 4.90 Å². The number of carbonyl (C=O) groups excluding carboxylic acids is 1. The van der Waals surface area contributed by atoms with Gasteiger partial charge in [-0.3, -0.25) is 4.79 Å². The van der Waals surface area contributed by atoms with E-state index in [-0.39, 0.29) is 16.7 Å². The summed E-state index contributed by atoms with van der Waals surface area (Å²) in [6, 6.07) is 12.9. The van der Waals surface area contributed by atoms with Crippen molar-refractivity contribution < 1.29 is 4.79 Å². The topological polar surface area (TPSA) is 26.8 Å². The maximum Gasteiger partial charge on any atom is 0.233 e. The van der Waals surface area contributed by atoms with Crippen molar-refractivity contribution in [1.82, 2.24) is 9.80 Å². The third-order valence-corrected chi connectivity index (χ3v) is 6.23. The molecule has 0 radical (unpaired) electrons. The monoisotopic (exact) mass is 385 g/mol. The van der Waals surface area contributed by atoms with Gasteiger partial charge in [-0.15, -0.1) is 11.8 Å². The van der Waals surface area contributed by atoms with Crippen molar-refractivity contribution in [2.45, 2.75) is 19.2 Å². The molecule has 0 aromatic heterocycles. The molecule has 1 heterocycles. The Morgan fingerprint density at radius 3 is 2.37 bits per heavy atom. The summed E-state index contributed by atoms with van der Waals surface area (Å²) < 4.78 is 0. The second-order valence-electron chi connectivity index (χ2n) is 8.70. The van der Waals surface area contributed by atoms with Crippen molar-refractivity contribution in [1.29, 1.82) is 0 Å². The number of carbonyl (C=O) groups is 1. The Hall–Kier alpha value is -1.72. The largest absolute Gasteiger partial charge is 0.377 e. The zero-order valence-corrected chi connectivity index (χ0v) is 18.1. The maximum atomic E-state index is 12.7. The lowest BCUT2D eigenvalue weighted by Gasteiger charge is -2.35. The summed E-state index contributed by atoms with van der Waals surface area (Å²) in [6.07, 6.45) is 0. The van der Waals surface area contributed by atoms with E-state index in [0.29, 0.717) is 5.75 Å². The number of thioether (sulfide) groups is 1. The van der Waals surface area contributed by atoms with E-state index < -0.39 is 0 Å². The second-order valence-corrected chi connectivity index (χ2v) is 9.77. The third-order valence-electron chi connectivity index (χ3n) is 4.99. The Balaban J connectivity index is 2.00. The first kappa shape index (κ1) is 20.0. The highest BCUT2D eigenvalue weighted by Gasteiger charge is 2.37. The van der Waals surface area contributed by atoms with Gasteiger partial charge in [-0.1, -0.05) is 44.2 Å². The van der Waals surface area contributed by atoms with Crippen LogP contribution in [0.15, 0.2) is 36.4 Å². The van der Waals surface area contributed by atoms with E-state index in [9.17, 15) is 4.79 Å². The van der Waals surface area contributed by atoms with Crippen molar-refractivity contribution in [2.24, 2.45) is 5.41 Å². The Morgan fingerprint density at radius 2 is 1.74 bits per heavy atom. The van der Waals surface area contributed by atoms with E-state index in [4.69, 9.17) is 0 Å². The minimum atomic E-state index is 0.0433. The van der Waals surface area contributed by atoms with Gasteiger partial charge in [0, 0.05) is 38.3 Å². The molecule has 4 nitrogen and oxygen atoms in total. The highest BCUT2D eigenvalue weighted by Crippen LogP contribution is 2.44. The van der Waals surface area contributed by atoms with Gasteiger partial charge >= 0.3 is 0 Å². The van der Waals surface area contributed by atoms with Crippen LogP contribution in [0.25, 0.3) is 10.8 Å². The lowest BCUT2D eigenvalue weighted by atomic mass is 9.91. The van der Waals surface area contributed by atoms with Gasteiger partial charge in [0.1, 0.15) is 5.37 Å². The molecule has 3 rings (SSSR count). The summed E-state index contributed by atoms with van der Waals surface area (Å²) in [4.78, 5) is 19.2. The van der Waals surface area contributed by atoms with Crippen LogP contribution in [0.3, 0.4) is 0 Å². The standard InChI is InChI=1S/C22H31N3OS/c1-22(2,14-23(3)4)15-25-20(26)13-27-21(25)18-11-12-19(24(5)6)17-10-8-7-9-16(17)18/h7-12,21H,13-15H2,1-6H3. The minimum absolute atomic E-state index is 0.0433. The molecule has 2 aromatic rings. The van der Waals surface area contributed by atoms with Gasteiger partial charge in [-0.2, -0.15) is 0 Å². The fourth-order valence-corrected chi connectivity index (χ4v) is 5.39. The van der Waals surface area contributed by atoms with Crippen LogP contribution in [-0.4, -0.2) is 62.7 Å². The fraction of sp³-hybridized carbons (Fsp3) is 0.500. The Labute approximate surface area is 167 Å². The molecule has 2 aromatic carbocycles. The van der Waals surface area contributed by atoms with E-state index in [2.05, 4.69) is 93.1 Å². The molecule has 0 N–H and O–H groups in total. The lowest BCUT2D eigenvalue weighted by molar-refractivity contribution is -0.129. The van der Waals surface area contributed by atoms with Crippen LogP contribution in [-0.2, 0) is 4.79 Å². The number of nitrogens with zero attached hydrogens (tertiary/aromatic N) is 3. The molecule has 1 amide bonds. The van der Waals surface area contributed by atoms with Crippen molar-refractivity contribution >= 4 is 34.1 Å². The third kappa shape index (κ3) is 4.25. The molecular weight excluding hydrogens is 354 g/mol. The number of fused-ring (bicyclic) bond motifs is 1. The van der Waals surface area contributed by atoms with E-state index in [1.807, 2.05) is 0 Å². The Morgan fingerprint density at radius 1 is 1.07 bits per heavy atom. The number of rotatable bonds is 6. The molecule has 5 heteroatoms. The molecule has 1 aliphatic rings. The second kappa shape index (κ2) is 7.72. The number of benzene rings is 2. The first-order valence-corrected chi connectivity index (χ1v) is 10.5. The molecule has 146 valence electrons. The first-order valence-electron chi connectivity index (χ1n) is 9.44. The number of anilines is 1. The molecule has 1 saturated heterocycles. The zero-order valence-electron chi connectivity index (χ0n) is 17.3. The van der Waals surface area contributed by atoms with E-state index in [0.717, 1.165) is 13.1 Å². The van der Waals surface area contributed by atoms with E-state index in [1.54, 1.807) is 11.8 Å². The van der Waals surface area contributed by atoms with Gasteiger partial charge in [0.05, 0.1) is 5.75 Å². The van der Waals surface area contributed by atoms with Crippen LogP contribution in [0.5, 0.6) is 0 Å². The predicted molar refractivity (Wildman–Crippen MR) is 118 cm³/mol. The number of hydrogen-bond donors (Lipinski definition) is 0. The van der Waals surface area contributed by atoms with Gasteiger partial charge in [-0.25, -0.2) is 0 Å².